The molecular weight excluding hydrogens is 212 g/mol. The van der Waals surface area contributed by atoms with E-state index >= 15 is 0 Å². The first-order valence-electron chi connectivity index (χ1n) is 4.19. The Hall–Kier alpha value is -0.560. The fourth-order valence-electron chi connectivity index (χ4n) is 1.67. The van der Waals surface area contributed by atoms with Crippen LogP contribution in [0.1, 0.15) is 17.5 Å². The van der Waals surface area contributed by atoms with E-state index in [1.54, 1.807) is 0 Å². The summed E-state index contributed by atoms with van der Waals surface area (Å²) in [6.07, 6.45) is 3.39. The summed E-state index contributed by atoms with van der Waals surface area (Å²) in [6, 6.07) is 6.54. The SMILES string of the molecule is C=C1CCc2ccc(Br)cc2C1. The second-order valence-corrected chi connectivity index (χ2v) is 4.26. The number of hydrogen-bond acceptors (Lipinski definition) is 0. The first kappa shape index (κ1) is 8.06. The molecule has 0 atom stereocenters. The Labute approximate surface area is 81.4 Å². The summed E-state index contributed by atoms with van der Waals surface area (Å²) in [5.74, 6) is 0. The molecule has 0 spiro atoms. The number of aryl methyl sites for hydroxylation is 1. The van der Waals surface area contributed by atoms with Crippen LogP contribution in [0.2, 0.25) is 0 Å². The topological polar surface area (TPSA) is 0 Å². The molecule has 0 bridgehead atoms. The van der Waals surface area contributed by atoms with Crippen molar-refractivity contribution >= 4 is 15.9 Å². The van der Waals surface area contributed by atoms with Gasteiger partial charge in [0.15, 0.2) is 0 Å². The van der Waals surface area contributed by atoms with E-state index in [0.717, 1.165) is 12.8 Å². The van der Waals surface area contributed by atoms with Crippen LogP contribution in [0, 0.1) is 0 Å². The van der Waals surface area contributed by atoms with Crippen LogP contribution < -0.4 is 0 Å². The van der Waals surface area contributed by atoms with Crippen LogP contribution in [-0.2, 0) is 12.8 Å². The van der Waals surface area contributed by atoms with E-state index in [-0.39, 0.29) is 0 Å². The van der Waals surface area contributed by atoms with Crippen molar-refractivity contribution in [3.63, 3.8) is 0 Å². The number of rotatable bonds is 0. The Morgan fingerprint density at radius 2 is 2.00 bits per heavy atom. The minimum absolute atomic E-state index is 1.06. The van der Waals surface area contributed by atoms with Gasteiger partial charge in [-0.2, -0.15) is 0 Å². The third kappa shape index (κ3) is 1.46. The lowest BCUT2D eigenvalue weighted by Gasteiger charge is -2.17. The lowest BCUT2D eigenvalue weighted by molar-refractivity contribution is 0.840. The zero-order valence-electron chi connectivity index (χ0n) is 6.94. The van der Waals surface area contributed by atoms with Crippen LogP contribution in [0.15, 0.2) is 34.8 Å². The van der Waals surface area contributed by atoms with Gasteiger partial charge in [-0.1, -0.05) is 34.1 Å². The third-order valence-corrected chi connectivity index (χ3v) is 2.85. The summed E-state index contributed by atoms with van der Waals surface area (Å²) in [7, 11) is 0. The van der Waals surface area contributed by atoms with Crippen molar-refractivity contribution in [3.05, 3.63) is 46.0 Å². The highest BCUT2D eigenvalue weighted by Crippen LogP contribution is 2.26. The molecule has 1 aliphatic carbocycles. The molecule has 62 valence electrons. The van der Waals surface area contributed by atoms with Crippen molar-refractivity contribution in [2.45, 2.75) is 19.3 Å². The summed E-state index contributed by atoms with van der Waals surface area (Å²) in [6.45, 7) is 4.03. The average Bonchev–Trinajstić information content (AvgIpc) is 2.03. The van der Waals surface area contributed by atoms with E-state index in [4.69, 9.17) is 0 Å². The van der Waals surface area contributed by atoms with E-state index in [1.807, 2.05) is 0 Å². The normalized spacial score (nSPS) is 15.9. The maximum absolute atomic E-state index is 4.03. The quantitative estimate of drug-likeness (QED) is 0.590. The van der Waals surface area contributed by atoms with Gasteiger partial charge < -0.3 is 0 Å². The molecule has 1 heteroatoms. The monoisotopic (exact) mass is 222 g/mol. The molecule has 0 saturated carbocycles. The van der Waals surface area contributed by atoms with Crippen LogP contribution in [0.4, 0.5) is 0 Å². The van der Waals surface area contributed by atoms with Crippen LogP contribution in [0.25, 0.3) is 0 Å². The summed E-state index contributed by atoms with van der Waals surface area (Å²) >= 11 is 3.48. The van der Waals surface area contributed by atoms with Gasteiger partial charge in [-0.15, -0.1) is 0 Å². The molecule has 0 amide bonds. The molecule has 0 nitrogen and oxygen atoms in total. The Balaban J connectivity index is 2.44. The second kappa shape index (κ2) is 3.06. The van der Waals surface area contributed by atoms with Crippen LogP contribution in [0.5, 0.6) is 0 Å². The molecule has 0 heterocycles. The predicted octanol–water partition coefficient (Wildman–Crippen LogP) is 3.49. The molecule has 0 unspecified atom stereocenters. The second-order valence-electron chi connectivity index (χ2n) is 3.34. The lowest BCUT2D eigenvalue weighted by Crippen LogP contribution is -2.04. The number of hydrogen-bond donors (Lipinski definition) is 0. The fraction of sp³-hybridized carbons (Fsp3) is 0.273. The molecule has 0 aliphatic heterocycles. The molecule has 0 aromatic heterocycles. The molecule has 0 N–H and O–H groups in total. The van der Waals surface area contributed by atoms with Gasteiger partial charge in [0, 0.05) is 4.47 Å². The molecule has 0 fully saturated rings. The van der Waals surface area contributed by atoms with Crippen LogP contribution in [0.3, 0.4) is 0 Å². The Bertz CT molecular complexity index is 326. The standard InChI is InChI=1S/C11H11Br/c1-8-2-3-9-4-5-11(12)7-10(9)6-8/h4-5,7H,1-3,6H2. The molecule has 1 aromatic rings. The molecule has 0 saturated heterocycles. The van der Waals surface area contributed by atoms with Gasteiger partial charge in [0.05, 0.1) is 0 Å². The Kier molecular flexibility index (Phi) is 2.05. The van der Waals surface area contributed by atoms with Crippen LogP contribution in [-0.4, -0.2) is 0 Å². The van der Waals surface area contributed by atoms with Crippen molar-refractivity contribution in [3.8, 4) is 0 Å². The minimum atomic E-state index is 1.06. The van der Waals surface area contributed by atoms with Crippen molar-refractivity contribution in [2.75, 3.05) is 0 Å². The van der Waals surface area contributed by atoms with E-state index in [1.165, 1.54) is 27.6 Å². The first-order chi connectivity index (χ1) is 5.75. The average molecular weight is 223 g/mol. The zero-order valence-corrected chi connectivity index (χ0v) is 8.52. The maximum Gasteiger partial charge on any atom is 0.0178 e. The van der Waals surface area contributed by atoms with E-state index < -0.39 is 0 Å². The van der Waals surface area contributed by atoms with Crippen molar-refractivity contribution in [2.24, 2.45) is 0 Å². The molecule has 2 rings (SSSR count). The smallest absolute Gasteiger partial charge is 0.0178 e. The number of benzene rings is 1. The van der Waals surface area contributed by atoms with Crippen molar-refractivity contribution in [1.82, 2.24) is 0 Å². The van der Waals surface area contributed by atoms with E-state index in [2.05, 4.69) is 40.7 Å². The van der Waals surface area contributed by atoms with Gasteiger partial charge >= 0.3 is 0 Å². The number of allylic oxidation sites excluding steroid dienone is 1. The van der Waals surface area contributed by atoms with Gasteiger partial charge in [0.25, 0.3) is 0 Å². The van der Waals surface area contributed by atoms with Gasteiger partial charge in [-0.25, -0.2) is 0 Å². The highest BCUT2D eigenvalue weighted by atomic mass is 79.9. The summed E-state index contributed by atoms with van der Waals surface area (Å²) in [4.78, 5) is 0. The third-order valence-electron chi connectivity index (χ3n) is 2.36. The lowest BCUT2D eigenvalue weighted by atomic mass is 9.89. The first-order valence-corrected chi connectivity index (χ1v) is 4.99. The highest BCUT2D eigenvalue weighted by Gasteiger charge is 2.10. The minimum Gasteiger partial charge on any atom is -0.0995 e. The van der Waals surface area contributed by atoms with Gasteiger partial charge in [-0.3, -0.25) is 0 Å². The fourth-order valence-corrected chi connectivity index (χ4v) is 2.08. The molecular formula is C11H11Br. The molecule has 1 aromatic carbocycles. The maximum atomic E-state index is 4.03. The number of halogens is 1. The van der Waals surface area contributed by atoms with E-state index in [0.29, 0.717) is 0 Å². The van der Waals surface area contributed by atoms with Gasteiger partial charge in [-0.05, 0) is 42.5 Å². The predicted molar refractivity (Wildman–Crippen MR) is 55.3 cm³/mol. The summed E-state index contributed by atoms with van der Waals surface area (Å²) in [5.41, 5.74) is 4.30. The van der Waals surface area contributed by atoms with Gasteiger partial charge in [0.1, 0.15) is 0 Å². The van der Waals surface area contributed by atoms with Crippen molar-refractivity contribution < 1.29 is 0 Å². The summed E-state index contributed by atoms with van der Waals surface area (Å²) in [5, 5.41) is 0. The Morgan fingerprint density at radius 3 is 2.83 bits per heavy atom. The van der Waals surface area contributed by atoms with Gasteiger partial charge in [0.2, 0.25) is 0 Å². The van der Waals surface area contributed by atoms with Crippen LogP contribution >= 0.6 is 15.9 Å². The highest BCUT2D eigenvalue weighted by molar-refractivity contribution is 9.10. The molecule has 0 radical (unpaired) electrons. The van der Waals surface area contributed by atoms with E-state index in [9.17, 15) is 0 Å². The largest absolute Gasteiger partial charge is 0.0995 e. The zero-order chi connectivity index (χ0) is 8.55. The molecule has 1 aliphatic rings. The molecule has 12 heavy (non-hydrogen) atoms. The number of fused-ring (bicyclic) bond motifs is 1. The van der Waals surface area contributed by atoms with Crippen molar-refractivity contribution in [1.29, 1.82) is 0 Å². The summed E-state index contributed by atoms with van der Waals surface area (Å²) < 4.78 is 1.18. The Morgan fingerprint density at radius 1 is 1.17 bits per heavy atom.